The molecule has 2 heterocycles. The van der Waals surface area contributed by atoms with Gasteiger partial charge in [0.15, 0.2) is 18.0 Å². The van der Waals surface area contributed by atoms with Crippen LogP contribution in [0.4, 0.5) is 13.2 Å². The Morgan fingerprint density at radius 2 is 1.81 bits per heavy atom. The van der Waals surface area contributed by atoms with E-state index in [9.17, 15) is 36.3 Å². The number of carbonyl (C=O) groups excluding carboxylic acids is 1. The van der Waals surface area contributed by atoms with Gasteiger partial charge in [0.05, 0.1) is 6.61 Å². The standard InChI is InChI=1S/C18H19F3O10S/c1-9(22)28-13-14(31-32(25,26)18(19,20)21)12-11(29-15(13)16(23)24)8-27-17(2,30-12)10-6-4-3-5-7-10/h3-7,11-15H,8H2,1-2H3,(H,23,24)/t11-,12+,13-,14-,15-,17+/m1/s1. The van der Waals surface area contributed by atoms with Crippen LogP contribution >= 0.6 is 0 Å². The Bertz CT molecular complexity index is 967. The number of ether oxygens (including phenoxy) is 4. The molecule has 32 heavy (non-hydrogen) atoms. The molecule has 1 aromatic rings. The molecule has 0 bridgehead atoms. The van der Waals surface area contributed by atoms with E-state index in [0.29, 0.717) is 5.56 Å². The second-order valence-electron chi connectivity index (χ2n) is 7.17. The number of hydrogen-bond acceptors (Lipinski definition) is 9. The molecule has 0 aromatic heterocycles. The largest absolute Gasteiger partial charge is 0.523 e. The summed E-state index contributed by atoms with van der Waals surface area (Å²) in [6.45, 7) is 1.91. The van der Waals surface area contributed by atoms with Crippen LogP contribution in [0.3, 0.4) is 0 Å². The smallest absolute Gasteiger partial charge is 0.479 e. The molecular formula is C18H19F3O10S. The van der Waals surface area contributed by atoms with Gasteiger partial charge in [-0.15, -0.1) is 0 Å². The number of fused-ring (bicyclic) bond motifs is 1. The van der Waals surface area contributed by atoms with Gasteiger partial charge in [-0.05, 0) is 6.92 Å². The summed E-state index contributed by atoms with van der Waals surface area (Å²) in [4.78, 5) is 23.2. The normalized spacial score (nSPS) is 33.2. The van der Waals surface area contributed by atoms with Crippen LogP contribution in [0.15, 0.2) is 30.3 Å². The SMILES string of the molecule is CC(=O)O[C@@H]1[C@H](OS(=O)(=O)C(F)(F)F)[C@H]2O[C@@](C)(c3ccccc3)OC[C@H]2O[C@H]1C(=O)O. The number of esters is 1. The fraction of sp³-hybridized carbons (Fsp3) is 0.556. The lowest BCUT2D eigenvalue weighted by molar-refractivity contribution is -0.365. The predicted octanol–water partition coefficient (Wildman–Crippen LogP) is 1.29. The average Bonchev–Trinajstić information content (AvgIpc) is 2.69. The number of alkyl halides is 3. The number of halogens is 3. The fourth-order valence-electron chi connectivity index (χ4n) is 3.45. The summed E-state index contributed by atoms with van der Waals surface area (Å²) in [5.41, 5.74) is -5.39. The molecule has 2 saturated heterocycles. The van der Waals surface area contributed by atoms with E-state index in [2.05, 4.69) is 4.18 Å². The van der Waals surface area contributed by atoms with Crippen molar-refractivity contribution in [1.29, 1.82) is 0 Å². The van der Waals surface area contributed by atoms with E-state index in [4.69, 9.17) is 18.9 Å². The van der Waals surface area contributed by atoms with E-state index in [1.165, 1.54) is 6.92 Å². The van der Waals surface area contributed by atoms with Gasteiger partial charge in [-0.2, -0.15) is 21.6 Å². The summed E-state index contributed by atoms with van der Waals surface area (Å²) in [7, 11) is -6.23. The van der Waals surface area contributed by atoms with Crippen molar-refractivity contribution in [3.8, 4) is 0 Å². The molecule has 3 rings (SSSR count). The molecule has 2 aliphatic rings. The third kappa shape index (κ3) is 4.73. The molecule has 178 valence electrons. The number of aliphatic carboxylic acids is 1. The fourth-order valence-corrected chi connectivity index (χ4v) is 4.07. The second-order valence-corrected chi connectivity index (χ2v) is 8.74. The van der Waals surface area contributed by atoms with Crippen molar-refractivity contribution in [2.24, 2.45) is 0 Å². The van der Waals surface area contributed by atoms with Gasteiger partial charge in [-0.25, -0.2) is 4.79 Å². The first-order valence-corrected chi connectivity index (χ1v) is 10.6. The van der Waals surface area contributed by atoms with E-state index in [1.54, 1.807) is 30.3 Å². The van der Waals surface area contributed by atoms with Gasteiger partial charge in [0.25, 0.3) is 0 Å². The predicted molar refractivity (Wildman–Crippen MR) is 96.3 cm³/mol. The Morgan fingerprint density at radius 3 is 2.34 bits per heavy atom. The van der Waals surface area contributed by atoms with E-state index in [-0.39, 0.29) is 6.61 Å². The zero-order chi connectivity index (χ0) is 23.9. The molecule has 0 radical (unpaired) electrons. The molecule has 0 saturated carbocycles. The molecule has 14 heteroatoms. The maximum Gasteiger partial charge on any atom is 0.523 e. The first-order chi connectivity index (χ1) is 14.7. The Balaban J connectivity index is 2.05. The monoisotopic (exact) mass is 484 g/mol. The maximum absolute atomic E-state index is 13.0. The lowest BCUT2D eigenvalue weighted by Crippen LogP contribution is -2.67. The van der Waals surface area contributed by atoms with Crippen LogP contribution in [-0.4, -0.2) is 68.1 Å². The van der Waals surface area contributed by atoms with Gasteiger partial charge in [0.2, 0.25) is 0 Å². The Morgan fingerprint density at radius 1 is 1.19 bits per heavy atom. The van der Waals surface area contributed by atoms with Gasteiger partial charge in [0, 0.05) is 12.5 Å². The molecule has 6 atom stereocenters. The van der Waals surface area contributed by atoms with Crippen LogP contribution < -0.4 is 0 Å². The molecule has 0 spiro atoms. The van der Waals surface area contributed by atoms with Crippen LogP contribution in [0.1, 0.15) is 19.4 Å². The number of rotatable bonds is 5. The van der Waals surface area contributed by atoms with Crippen molar-refractivity contribution in [1.82, 2.24) is 0 Å². The molecule has 1 N–H and O–H groups in total. The molecule has 1 aromatic carbocycles. The third-order valence-electron chi connectivity index (χ3n) is 4.88. The Hall–Kier alpha value is -2.26. The lowest BCUT2D eigenvalue weighted by atomic mass is 9.92. The number of hydrogen-bond donors (Lipinski definition) is 1. The van der Waals surface area contributed by atoms with E-state index < -0.39 is 63.9 Å². The molecule has 10 nitrogen and oxygen atoms in total. The highest BCUT2D eigenvalue weighted by atomic mass is 32.2. The molecule has 0 aliphatic carbocycles. The summed E-state index contributed by atoms with van der Waals surface area (Å²) in [6, 6.07) is 8.16. The van der Waals surface area contributed by atoms with Crippen LogP contribution in [0, 0.1) is 0 Å². The summed E-state index contributed by atoms with van der Waals surface area (Å²) < 4.78 is 88.6. The van der Waals surface area contributed by atoms with Gasteiger partial charge in [-0.3, -0.25) is 8.98 Å². The van der Waals surface area contributed by atoms with Crippen molar-refractivity contribution in [2.45, 2.75) is 55.7 Å². The molecule has 0 amide bonds. The number of benzene rings is 1. The molecule has 2 aliphatic heterocycles. The van der Waals surface area contributed by atoms with Crippen LogP contribution in [0.5, 0.6) is 0 Å². The van der Waals surface area contributed by atoms with Gasteiger partial charge >= 0.3 is 27.6 Å². The van der Waals surface area contributed by atoms with Crippen molar-refractivity contribution in [3.05, 3.63) is 35.9 Å². The number of carbonyl (C=O) groups is 2. The summed E-state index contributed by atoms with van der Waals surface area (Å²) in [6.07, 6.45) is -9.25. The van der Waals surface area contributed by atoms with E-state index >= 15 is 0 Å². The third-order valence-corrected chi connectivity index (χ3v) is 5.93. The van der Waals surface area contributed by atoms with Crippen LogP contribution in [0.25, 0.3) is 0 Å². The molecule has 0 unspecified atom stereocenters. The van der Waals surface area contributed by atoms with Gasteiger partial charge in [0.1, 0.15) is 18.3 Å². The summed E-state index contributed by atoms with van der Waals surface area (Å²) >= 11 is 0. The second kappa shape index (κ2) is 8.59. The quantitative estimate of drug-likeness (QED) is 0.370. The summed E-state index contributed by atoms with van der Waals surface area (Å²) in [5.74, 6) is -4.39. The van der Waals surface area contributed by atoms with Crippen molar-refractivity contribution < 1.29 is 59.4 Å². The zero-order valence-electron chi connectivity index (χ0n) is 16.6. The lowest BCUT2D eigenvalue weighted by Gasteiger charge is -2.50. The van der Waals surface area contributed by atoms with E-state index in [1.807, 2.05) is 0 Å². The highest BCUT2D eigenvalue weighted by molar-refractivity contribution is 7.87. The first-order valence-electron chi connectivity index (χ1n) is 9.17. The highest BCUT2D eigenvalue weighted by Gasteiger charge is 2.60. The minimum absolute atomic E-state index is 0.376. The summed E-state index contributed by atoms with van der Waals surface area (Å²) in [5, 5.41) is 9.44. The first kappa shape index (κ1) is 24.4. The number of carboxylic acid groups (broad SMARTS) is 1. The van der Waals surface area contributed by atoms with Gasteiger partial charge < -0.3 is 24.1 Å². The maximum atomic E-state index is 13.0. The Kier molecular flexibility index (Phi) is 6.55. The highest BCUT2D eigenvalue weighted by Crippen LogP contribution is 2.41. The van der Waals surface area contributed by atoms with Crippen LogP contribution in [-0.2, 0) is 48.6 Å². The Labute approximate surface area is 180 Å². The van der Waals surface area contributed by atoms with Crippen LogP contribution in [0.2, 0.25) is 0 Å². The average molecular weight is 484 g/mol. The molecular weight excluding hydrogens is 465 g/mol. The molecule has 2 fully saturated rings. The van der Waals surface area contributed by atoms with Crippen molar-refractivity contribution >= 4 is 22.1 Å². The minimum atomic E-state index is -6.23. The van der Waals surface area contributed by atoms with E-state index in [0.717, 1.165) is 6.92 Å². The topological polar surface area (TPSA) is 135 Å². The van der Waals surface area contributed by atoms with Crippen molar-refractivity contribution in [3.63, 3.8) is 0 Å². The van der Waals surface area contributed by atoms with Crippen molar-refractivity contribution in [2.75, 3.05) is 6.61 Å². The number of carboxylic acids is 1. The minimum Gasteiger partial charge on any atom is -0.479 e. The van der Waals surface area contributed by atoms with Gasteiger partial charge in [-0.1, -0.05) is 30.3 Å². The zero-order valence-corrected chi connectivity index (χ0v) is 17.5.